The van der Waals surface area contributed by atoms with Gasteiger partial charge < -0.3 is 0 Å². The van der Waals surface area contributed by atoms with Crippen molar-refractivity contribution in [3.63, 3.8) is 0 Å². The number of carbonyl (C=O) groups is 2. The molecule has 6 heteroatoms. The molecule has 0 saturated carbocycles. The molecule has 2 aromatic rings. The molecule has 4 nitrogen and oxygen atoms in total. The van der Waals surface area contributed by atoms with Gasteiger partial charge >= 0.3 is 0 Å². The summed E-state index contributed by atoms with van der Waals surface area (Å²) in [5, 5.41) is 0.578. The van der Waals surface area contributed by atoms with E-state index in [1.165, 1.54) is 18.2 Å². The van der Waals surface area contributed by atoms with Gasteiger partial charge in [0.2, 0.25) is 5.91 Å². The first-order valence-corrected chi connectivity index (χ1v) is 7.88. The number of amides is 2. The number of halogens is 2. The first-order chi connectivity index (χ1) is 11.4. The molecule has 1 atom stereocenters. The van der Waals surface area contributed by atoms with E-state index in [-0.39, 0.29) is 17.4 Å². The monoisotopic (exact) mass is 348 g/mol. The van der Waals surface area contributed by atoms with Crippen LogP contribution in [-0.4, -0.2) is 11.8 Å². The number of benzene rings is 2. The van der Waals surface area contributed by atoms with Gasteiger partial charge in [-0.2, -0.15) is 0 Å². The van der Waals surface area contributed by atoms with E-state index in [9.17, 15) is 14.0 Å². The predicted octanol–water partition coefficient (Wildman–Crippen LogP) is 3.68. The van der Waals surface area contributed by atoms with E-state index in [0.717, 1.165) is 5.56 Å². The largest absolute Gasteiger partial charge is 0.273 e. The zero-order chi connectivity index (χ0) is 17.7. The fourth-order valence-corrected chi connectivity index (χ4v) is 2.54. The van der Waals surface area contributed by atoms with Gasteiger partial charge in [-0.05, 0) is 35.7 Å². The Bertz CT molecular complexity index is 732. The average molecular weight is 349 g/mol. The number of carbonyl (C=O) groups excluding carboxylic acids is 2. The lowest BCUT2D eigenvalue weighted by atomic mass is 9.88. The average Bonchev–Trinajstić information content (AvgIpc) is 2.55. The van der Waals surface area contributed by atoms with Crippen LogP contribution in [0.5, 0.6) is 0 Å². The molecule has 24 heavy (non-hydrogen) atoms. The molecule has 2 amide bonds. The third-order valence-electron chi connectivity index (χ3n) is 3.60. The molecule has 0 bridgehead atoms. The van der Waals surface area contributed by atoms with Crippen molar-refractivity contribution >= 4 is 23.4 Å². The van der Waals surface area contributed by atoms with Crippen LogP contribution in [0.4, 0.5) is 4.39 Å². The molecule has 0 fully saturated rings. The molecule has 2 aromatic carbocycles. The molecular formula is C18H18ClFN2O2. The summed E-state index contributed by atoms with van der Waals surface area (Å²) in [4.78, 5) is 24.4. The molecule has 0 saturated heterocycles. The number of nitrogens with one attached hydrogen (secondary N) is 2. The van der Waals surface area contributed by atoms with Crippen molar-refractivity contribution in [1.82, 2.24) is 10.9 Å². The van der Waals surface area contributed by atoms with E-state index in [1.54, 1.807) is 30.3 Å². The quantitative estimate of drug-likeness (QED) is 0.828. The number of hydrazine groups is 1. The van der Waals surface area contributed by atoms with Crippen molar-refractivity contribution in [2.24, 2.45) is 5.92 Å². The van der Waals surface area contributed by atoms with Crippen LogP contribution in [0.25, 0.3) is 0 Å². The van der Waals surface area contributed by atoms with E-state index in [4.69, 9.17) is 11.6 Å². The summed E-state index contributed by atoms with van der Waals surface area (Å²) >= 11 is 5.87. The van der Waals surface area contributed by atoms with Gasteiger partial charge in [-0.15, -0.1) is 0 Å². The number of hydrogen-bond acceptors (Lipinski definition) is 2. The zero-order valence-corrected chi connectivity index (χ0v) is 14.1. The molecule has 2 N–H and O–H groups in total. The van der Waals surface area contributed by atoms with E-state index in [2.05, 4.69) is 10.9 Å². The van der Waals surface area contributed by atoms with Gasteiger partial charge in [0, 0.05) is 5.02 Å². The van der Waals surface area contributed by atoms with E-state index < -0.39 is 17.6 Å². The van der Waals surface area contributed by atoms with Gasteiger partial charge in [-0.25, -0.2) is 4.39 Å². The van der Waals surface area contributed by atoms with Crippen molar-refractivity contribution in [1.29, 1.82) is 0 Å². The summed E-state index contributed by atoms with van der Waals surface area (Å²) in [6, 6.07) is 12.5. The van der Waals surface area contributed by atoms with Crippen LogP contribution in [0.3, 0.4) is 0 Å². The Morgan fingerprint density at radius 3 is 2.21 bits per heavy atom. The molecule has 0 heterocycles. The lowest BCUT2D eigenvalue weighted by Gasteiger charge is -2.21. The first-order valence-electron chi connectivity index (χ1n) is 7.50. The van der Waals surface area contributed by atoms with Crippen molar-refractivity contribution in [3.05, 3.63) is 70.5 Å². The summed E-state index contributed by atoms with van der Waals surface area (Å²) in [5.41, 5.74) is 5.27. The Labute approximate surface area is 145 Å². The summed E-state index contributed by atoms with van der Waals surface area (Å²) in [6.45, 7) is 3.80. The minimum Gasteiger partial charge on any atom is -0.273 e. The molecule has 0 unspecified atom stereocenters. The lowest BCUT2D eigenvalue weighted by Crippen LogP contribution is -2.45. The van der Waals surface area contributed by atoms with Crippen molar-refractivity contribution in [2.45, 2.75) is 19.8 Å². The molecule has 2 rings (SSSR count). The minimum atomic E-state index is -0.708. The molecule has 0 spiro atoms. The maximum Gasteiger partial charge on any atom is 0.272 e. The van der Waals surface area contributed by atoms with Gasteiger partial charge in [0.15, 0.2) is 0 Å². The zero-order valence-electron chi connectivity index (χ0n) is 13.3. The second kappa shape index (κ2) is 7.93. The first kappa shape index (κ1) is 17.9. The third kappa shape index (κ3) is 4.32. The Morgan fingerprint density at radius 2 is 1.62 bits per heavy atom. The lowest BCUT2D eigenvalue weighted by molar-refractivity contribution is -0.124. The Kier molecular flexibility index (Phi) is 5.93. The van der Waals surface area contributed by atoms with Crippen LogP contribution in [0.2, 0.25) is 5.02 Å². The van der Waals surface area contributed by atoms with Crippen LogP contribution >= 0.6 is 11.6 Å². The summed E-state index contributed by atoms with van der Waals surface area (Å²) in [5.74, 6) is -2.21. The molecule has 126 valence electrons. The Hall–Kier alpha value is -2.40. The molecule has 0 aliphatic rings. The van der Waals surface area contributed by atoms with E-state index in [0.29, 0.717) is 5.02 Å². The van der Waals surface area contributed by atoms with E-state index >= 15 is 0 Å². The third-order valence-corrected chi connectivity index (χ3v) is 3.85. The van der Waals surface area contributed by atoms with Gasteiger partial charge in [0.1, 0.15) is 5.82 Å². The van der Waals surface area contributed by atoms with Crippen LogP contribution < -0.4 is 10.9 Å². The fraction of sp³-hybridized carbons (Fsp3) is 0.222. The topological polar surface area (TPSA) is 58.2 Å². The number of hydrogen-bond donors (Lipinski definition) is 2. The minimum absolute atomic E-state index is 0.00320. The van der Waals surface area contributed by atoms with Gasteiger partial charge in [-0.3, -0.25) is 20.4 Å². The SMILES string of the molecule is CC(C)[C@H](C(=O)NNC(=O)c1ccccc1F)c1ccc(Cl)cc1. The highest BCUT2D eigenvalue weighted by atomic mass is 35.5. The molecule has 0 aromatic heterocycles. The van der Waals surface area contributed by atoms with Gasteiger partial charge in [0.05, 0.1) is 11.5 Å². The predicted molar refractivity (Wildman–Crippen MR) is 91.0 cm³/mol. The van der Waals surface area contributed by atoms with Crippen molar-refractivity contribution < 1.29 is 14.0 Å². The highest BCUT2D eigenvalue weighted by Crippen LogP contribution is 2.25. The van der Waals surface area contributed by atoms with Gasteiger partial charge in [-0.1, -0.05) is 49.7 Å². The number of rotatable bonds is 4. The second-order valence-electron chi connectivity index (χ2n) is 5.70. The molecule has 0 radical (unpaired) electrons. The van der Waals surface area contributed by atoms with Crippen LogP contribution in [0, 0.1) is 11.7 Å². The highest BCUT2D eigenvalue weighted by molar-refractivity contribution is 6.30. The second-order valence-corrected chi connectivity index (χ2v) is 6.13. The van der Waals surface area contributed by atoms with Gasteiger partial charge in [0.25, 0.3) is 5.91 Å². The summed E-state index contributed by atoms with van der Waals surface area (Å²) < 4.78 is 13.6. The normalized spacial score (nSPS) is 11.9. The smallest absolute Gasteiger partial charge is 0.272 e. The van der Waals surface area contributed by atoms with Crippen LogP contribution in [0.1, 0.15) is 35.7 Å². The van der Waals surface area contributed by atoms with E-state index in [1.807, 2.05) is 13.8 Å². The maximum absolute atomic E-state index is 13.6. The maximum atomic E-state index is 13.6. The molecule has 0 aliphatic carbocycles. The fourth-order valence-electron chi connectivity index (χ4n) is 2.42. The highest BCUT2D eigenvalue weighted by Gasteiger charge is 2.24. The van der Waals surface area contributed by atoms with Crippen LogP contribution in [-0.2, 0) is 4.79 Å². The Morgan fingerprint density at radius 1 is 1.00 bits per heavy atom. The standard InChI is InChI=1S/C18H18ClFN2O2/c1-11(2)16(12-7-9-13(19)10-8-12)18(24)22-21-17(23)14-5-3-4-6-15(14)20/h3-11,16H,1-2H3,(H,21,23)(H,22,24)/t16-/m0/s1. The molecular weight excluding hydrogens is 331 g/mol. The summed E-state index contributed by atoms with van der Waals surface area (Å²) in [6.07, 6.45) is 0. The van der Waals surface area contributed by atoms with Crippen molar-refractivity contribution in [3.8, 4) is 0 Å². The summed E-state index contributed by atoms with van der Waals surface area (Å²) in [7, 11) is 0. The van der Waals surface area contributed by atoms with Crippen molar-refractivity contribution in [2.75, 3.05) is 0 Å². The molecule has 0 aliphatic heterocycles. The Balaban J connectivity index is 2.07. The van der Waals surface area contributed by atoms with Crippen LogP contribution in [0.15, 0.2) is 48.5 Å².